The van der Waals surface area contributed by atoms with Crippen molar-refractivity contribution in [3.8, 4) is 0 Å². The predicted molar refractivity (Wildman–Crippen MR) is 89.0 cm³/mol. The number of benzene rings is 1. The molecule has 1 aliphatic heterocycles. The molecule has 1 aliphatic rings. The Labute approximate surface area is 137 Å². The van der Waals surface area contributed by atoms with Crippen LogP contribution < -0.4 is 11.1 Å². The van der Waals surface area contributed by atoms with Crippen molar-refractivity contribution in [3.05, 3.63) is 35.9 Å². The number of likely N-dealkylation sites (tertiary alicyclic amines) is 1. The molecular formula is C16H24ClN3O2. The minimum atomic E-state index is -0.224. The number of hydrogen-bond donors (Lipinski definition) is 2. The van der Waals surface area contributed by atoms with Crippen molar-refractivity contribution in [2.75, 3.05) is 13.1 Å². The molecule has 0 saturated carbocycles. The van der Waals surface area contributed by atoms with E-state index in [1.165, 1.54) is 0 Å². The monoisotopic (exact) mass is 325 g/mol. The molecular weight excluding hydrogens is 302 g/mol. The van der Waals surface area contributed by atoms with Crippen LogP contribution in [0.2, 0.25) is 0 Å². The molecule has 1 heterocycles. The average Bonchev–Trinajstić information content (AvgIpc) is 2.53. The fourth-order valence-corrected chi connectivity index (χ4v) is 2.76. The van der Waals surface area contributed by atoms with Crippen molar-refractivity contribution >= 4 is 24.2 Å². The fraction of sp³-hybridized carbons (Fsp3) is 0.500. The first kappa shape index (κ1) is 18.5. The summed E-state index contributed by atoms with van der Waals surface area (Å²) in [7, 11) is 0. The normalized spacial score (nSPS) is 19.0. The van der Waals surface area contributed by atoms with E-state index in [-0.39, 0.29) is 42.8 Å². The van der Waals surface area contributed by atoms with Crippen LogP contribution in [0.5, 0.6) is 0 Å². The molecule has 1 saturated heterocycles. The summed E-state index contributed by atoms with van der Waals surface area (Å²) >= 11 is 0. The van der Waals surface area contributed by atoms with E-state index in [0.717, 1.165) is 25.8 Å². The van der Waals surface area contributed by atoms with Crippen LogP contribution in [0.25, 0.3) is 0 Å². The molecule has 2 amide bonds. The van der Waals surface area contributed by atoms with Gasteiger partial charge in [0.15, 0.2) is 0 Å². The Morgan fingerprint density at radius 2 is 2.00 bits per heavy atom. The van der Waals surface area contributed by atoms with Gasteiger partial charge in [0, 0.05) is 24.2 Å². The zero-order valence-electron chi connectivity index (χ0n) is 12.8. The number of nitrogens with zero attached hydrogens (tertiary/aromatic N) is 1. The van der Waals surface area contributed by atoms with Crippen LogP contribution in [0.1, 0.15) is 36.5 Å². The molecule has 0 aliphatic carbocycles. The maximum atomic E-state index is 12.3. The van der Waals surface area contributed by atoms with Crippen LogP contribution in [0.15, 0.2) is 30.3 Å². The fourth-order valence-electron chi connectivity index (χ4n) is 2.76. The molecule has 1 fully saturated rings. The van der Waals surface area contributed by atoms with Crippen LogP contribution in [-0.2, 0) is 4.79 Å². The number of halogens is 1. The van der Waals surface area contributed by atoms with E-state index in [1.54, 1.807) is 24.3 Å². The Morgan fingerprint density at radius 1 is 1.32 bits per heavy atom. The largest absolute Gasteiger partial charge is 0.343 e. The second-order valence-electron chi connectivity index (χ2n) is 5.56. The third kappa shape index (κ3) is 4.71. The second-order valence-corrected chi connectivity index (χ2v) is 5.56. The highest BCUT2D eigenvalue weighted by Gasteiger charge is 2.29. The van der Waals surface area contributed by atoms with Crippen molar-refractivity contribution in [2.24, 2.45) is 5.73 Å². The number of nitrogens with two attached hydrogens (primary N) is 1. The van der Waals surface area contributed by atoms with Crippen LogP contribution in [0.3, 0.4) is 0 Å². The van der Waals surface area contributed by atoms with Crippen molar-refractivity contribution in [1.82, 2.24) is 10.2 Å². The highest BCUT2D eigenvalue weighted by Crippen LogP contribution is 2.18. The smallest absolute Gasteiger partial charge is 0.251 e. The van der Waals surface area contributed by atoms with E-state index < -0.39 is 0 Å². The molecule has 0 radical (unpaired) electrons. The van der Waals surface area contributed by atoms with Gasteiger partial charge in [-0.25, -0.2) is 0 Å². The summed E-state index contributed by atoms with van der Waals surface area (Å²) in [6.45, 7) is 2.68. The van der Waals surface area contributed by atoms with Gasteiger partial charge in [-0.15, -0.1) is 12.4 Å². The SMILES string of the molecule is CC(N)C1CCCCN1C(=O)CNC(=O)c1ccccc1.Cl. The van der Waals surface area contributed by atoms with E-state index in [2.05, 4.69) is 5.32 Å². The molecule has 6 heteroatoms. The summed E-state index contributed by atoms with van der Waals surface area (Å²) in [6.07, 6.45) is 3.05. The van der Waals surface area contributed by atoms with E-state index in [1.807, 2.05) is 17.9 Å². The zero-order valence-corrected chi connectivity index (χ0v) is 13.6. The van der Waals surface area contributed by atoms with Gasteiger partial charge < -0.3 is 16.0 Å². The molecule has 1 aromatic rings. The van der Waals surface area contributed by atoms with Crippen LogP contribution in [0, 0.1) is 0 Å². The Balaban J connectivity index is 0.00000242. The van der Waals surface area contributed by atoms with E-state index >= 15 is 0 Å². The standard InChI is InChI=1S/C16H23N3O2.ClH/c1-12(17)14-9-5-6-10-19(14)15(20)11-18-16(21)13-7-3-2-4-8-13;/h2-4,7-8,12,14H,5-6,9-11,17H2,1H3,(H,18,21);1H. The van der Waals surface area contributed by atoms with Crippen LogP contribution >= 0.6 is 12.4 Å². The van der Waals surface area contributed by atoms with Crippen LogP contribution in [-0.4, -0.2) is 41.9 Å². The molecule has 122 valence electrons. The number of carbonyl (C=O) groups is 2. The number of hydrogen-bond acceptors (Lipinski definition) is 3. The summed E-state index contributed by atoms with van der Waals surface area (Å²) in [5, 5.41) is 2.68. The highest BCUT2D eigenvalue weighted by molar-refractivity contribution is 5.96. The number of amides is 2. The van der Waals surface area contributed by atoms with E-state index in [0.29, 0.717) is 5.56 Å². The van der Waals surface area contributed by atoms with Gasteiger partial charge in [0.2, 0.25) is 5.91 Å². The van der Waals surface area contributed by atoms with E-state index in [9.17, 15) is 9.59 Å². The number of nitrogens with one attached hydrogen (secondary N) is 1. The minimum absolute atomic E-state index is 0. The predicted octanol–water partition coefficient (Wildman–Crippen LogP) is 1.57. The van der Waals surface area contributed by atoms with Crippen molar-refractivity contribution in [1.29, 1.82) is 0 Å². The Morgan fingerprint density at radius 3 is 2.64 bits per heavy atom. The van der Waals surface area contributed by atoms with Gasteiger partial charge in [0.05, 0.1) is 6.54 Å². The van der Waals surface area contributed by atoms with Gasteiger partial charge in [0.25, 0.3) is 5.91 Å². The molecule has 0 spiro atoms. The van der Waals surface area contributed by atoms with Gasteiger partial charge >= 0.3 is 0 Å². The lowest BCUT2D eigenvalue weighted by Crippen LogP contribution is -2.54. The Bertz CT molecular complexity index is 493. The van der Waals surface area contributed by atoms with Gasteiger partial charge in [-0.1, -0.05) is 18.2 Å². The first-order valence-corrected chi connectivity index (χ1v) is 7.48. The maximum absolute atomic E-state index is 12.3. The lowest BCUT2D eigenvalue weighted by Gasteiger charge is -2.38. The number of rotatable bonds is 4. The molecule has 2 unspecified atom stereocenters. The zero-order chi connectivity index (χ0) is 15.2. The van der Waals surface area contributed by atoms with Gasteiger partial charge in [0.1, 0.15) is 0 Å². The summed E-state index contributed by atoms with van der Waals surface area (Å²) in [4.78, 5) is 26.1. The topological polar surface area (TPSA) is 75.4 Å². The quantitative estimate of drug-likeness (QED) is 0.882. The lowest BCUT2D eigenvalue weighted by atomic mass is 9.97. The second kappa shape index (κ2) is 8.76. The molecule has 1 aromatic carbocycles. The summed E-state index contributed by atoms with van der Waals surface area (Å²) in [6, 6.07) is 8.94. The van der Waals surface area contributed by atoms with Crippen molar-refractivity contribution in [3.63, 3.8) is 0 Å². The van der Waals surface area contributed by atoms with Gasteiger partial charge in [-0.3, -0.25) is 9.59 Å². The molecule has 5 nitrogen and oxygen atoms in total. The molecule has 0 bridgehead atoms. The first-order valence-electron chi connectivity index (χ1n) is 7.48. The Hall–Kier alpha value is -1.59. The van der Waals surface area contributed by atoms with Crippen molar-refractivity contribution in [2.45, 2.75) is 38.3 Å². The summed E-state index contributed by atoms with van der Waals surface area (Å²) in [5.41, 5.74) is 6.52. The van der Waals surface area contributed by atoms with Gasteiger partial charge in [-0.05, 0) is 38.3 Å². The van der Waals surface area contributed by atoms with Crippen molar-refractivity contribution < 1.29 is 9.59 Å². The summed E-state index contributed by atoms with van der Waals surface area (Å²) < 4.78 is 0. The number of piperidine rings is 1. The molecule has 0 aromatic heterocycles. The molecule has 2 rings (SSSR count). The maximum Gasteiger partial charge on any atom is 0.251 e. The Kier molecular flexibility index (Phi) is 7.35. The summed E-state index contributed by atoms with van der Waals surface area (Å²) in [5.74, 6) is -0.278. The first-order chi connectivity index (χ1) is 10.1. The molecule has 22 heavy (non-hydrogen) atoms. The van der Waals surface area contributed by atoms with Gasteiger partial charge in [-0.2, -0.15) is 0 Å². The van der Waals surface area contributed by atoms with E-state index in [4.69, 9.17) is 5.73 Å². The molecule has 2 atom stereocenters. The third-order valence-electron chi connectivity index (χ3n) is 3.91. The minimum Gasteiger partial charge on any atom is -0.343 e. The molecule has 3 N–H and O–H groups in total. The third-order valence-corrected chi connectivity index (χ3v) is 3.91. The average molecular weight is 326 g/mol. The highest BCUT2D eigenvalue weighted by atomic mass is 35.5. The lowest BCUT2D eigenvalue weighted by molar-refractivity contribution is -0.134. The van der Waals surface area contributed by atoms with Crippen LogP contribution in [0.4, 0.5) is 0 Å². The number of carbonyl (C=O) groups excluding carboxylic acids is 2.